The van der Waals surface area contributed by atoms with Gasteiger partial charge in [0.25, 0.3) is 6.43 Å². The fourth-order valence-electron chi connectivity index (χ4n) is 1.84. The number of nitriles is 1. The molecule has 1 rings (SSSR count). The fourth-order valence-corrected chi connectivity index (χ4v) is 1.84. The molecule has 0 N–H and O–H groups in total. The van der Waals surface area contributed by atoms with Gasteiger partial charge in [0.15, 0.2) is 5.82 Å². The van der Waals surface area contributed by atoms with Crippen LogP contribution in [0.5, 0.6) is 0 Å². The maximum Gasteiger partial charge on any atom is 0.255 e. The Morgan fingerprint density at radius 3 is 2.39 bits per heavy atom. The third-order valence-electron chi connectivity index (χ3n) is 2.71. The standard InChI is InChI=1S/C12H16F2N4/c1-4-8-9(6-15)12(17-16-10(8)5-2)18(3)7-11(13)14/h11H,4-5,7H2,1-3H3. The highest BCUT2D eigenvalue weighted by Gasteiger charge is 2.19. The van der Waals surface area contributed by atoms with Crippen molar-refractivity contribution in [2.75, 3.05) is 18.5 Å². The van der Waals surface area contributed by atoms with E-state index in [4.69, 9.17) is 0 Å². The summed E-state index contributed by atoms with van der Waals surface area (Å²) in [5, 5.41) is 17.1. The highest BCUT2D eigenvalue weighted by atomic mass is 19.3. The summed E-state index contributed by atoms with van der Waals surface area (Å²) in [4.78, 5) is 1.27. The van der Waals surface area contributed by atoms with Gasteiger partial charge in [-0.2, -0.15) is 10.4 Å². The largest absolute Gasteiger partial charge is 0.351 e. The lowest BCUT2D eigenvalue weighted by Gasteiger charge is -2.20. The lowest BCUT2D eigenvalue weighted by Crippen LogP contribution is -2.27. The van der Waals surface area contributed by atoms with Crippen LogP contribution in [-0.4, -0.2) is 30.2 Å². The molecule has 0 fully saturated rings. The normalized spacial score (nSPS) is 10.5. The van der Waals surface area contributed by atoms with Gasteiger partial charge in [0.1, 0.15) is 11.6 Å². The molecule has 0 aliphatic carbocycles. The maximum absolute atomic E-state index is 12.4. The molecule has 18 heavy (non-hydrogen) atoms. The molecule has 0 bridgehead atoms. The van der Waals surface area contributed by atoms with Gasteiger partial charge in [0.05, 0.1) is 12.2 Å². The van der Waals surface area contributed by atoms with Crippen molar-refractivity contribution in [3.05, 3.63) is 16.8 Å². The number of anilines is 1. The molecule has 1 aromatic rings. The number of hydrogen-bond acceptors (Lipinski definition) is 4. The molecule has 98 valence electrons. The Kier molecular flexibility index (Phi) is 4.95. The van der Waals surface area contributed by atoms with E-state index in [0.29, 0.717) is 18.4 Å². The van der Waals surface area contributed by atoms with Gasteiger partial charge in [0.2, 0.25) is 0 Å². The van der Waals surface area contributed by atoms with Crippen LogP contribution in [0.25, 0.3) is 0 Å². The first-order valence-corrected chi connectivity index (χ1v) is 5.82. The molecule has 0 atom stereocenters. The first kappa shape index (κ1) is 14.3. The Bertz CT molecular complexity index is 454. The molecular weight excluding hydrogens is 238 g/mol. The number of alkyl halides is 2. The van der Waals surface area contributed by atoms with E-state index in [1.165, 1.54) is 11.9 Å². The fraction of sp³-hybridized carbons (Fsp3) is 0.583. The number of rotatable bonds is 5. The second-order valence-electron chi connectivity index (χ2n) is 3.91. The van der Waals surface area contributed by atoms with E-state index in [1.807, 2.05) is 13.8 Å². The number of aryl methyl sites for hydroxylation is 1. The second kappa shape index (κ2) is 6.24. The second-order valence-corrected chi connectivity index (χ2v) is 3.91. The Morgan fingerprint density at radius 2 is 1.94 bits per heavy atom. The van der Waals surface area contributed by atoms with Gasteiger partial charge in [-0.1, -0.05) is 13.8 Å². The van der Waals surface area contributed by atoms with E-state index in [2.05, 4.69) is 16.3 Å². The lowest BCUT2D eigenvalue weighted by molar-refractivity contribution is 0.156. The van der Waals surface area contributed by atoms with Crippen LogP contribution < -0.4 is 4.90 Å². The van der Waals surface area contributed by atoms with Crippen molar-refractivity contribution in [1.29, 1.82) is 5.26 Å². The molecule has 0 unspecified atom stereocenters. The molecule has 4 nitrogen and oxygen atoms in total. The van der Waals surface area contributed by atoms with Crippen molar-refractivity contribution >= 4 is 5.82 Å². The summed E-state index contributed by atoms with van der Waals surface area (Å²) in [6.45, 7) is 3.37. The zero-order valence-electron chi connectivity index (χ0n) is 10.7. The zero-order valence-corrected chi connectivity index (χ0v) is 10.7. The molecule has 0 saturated heterocycles. The van der Waals surface area contributed by atoms with Gasteiger partial charge in [-0.15, -0.1) is 5.10 Å². The zero-order chi connectivity index (χ0) is 13.7. The van der Waals surface area contributed by atoms with Crippen LogP contribution in [0.3, 0.4) is 0 Å². The van der Waals surface area contributed by atoms with E-state index in [9.17, 15) is 14.0 Å². The van der Waals surface area contributed by atoms with E-state index < -0.39 is 13.0 Å². The third-order valence-corrected chi connectivity index (χ3v) is 2.71. The SMILES string of the molecule is CCc1nnc(N(C)CC(F)F)c(C#N)c1CC. The first-order valence-electron chi connectivity index (χ1n) is 5.82. The predicted molar refractivity (Wildman–Crippen MR) is 64.8 cm³/mol. The molecule has 6 heteroatoms. The van der Waals surface area contributed by atoms with Gasteiger partial charge >= 0.3 is 0 Å². The maximum atomic E-state index is 12.4. The number of halogens is 2. The van der Waals surface area contributed by atoms with Gasteiger partial charge in [-0.05, 0) is 18.4 Å². The van der Waals surface area contributed by atoms with E-state index >= 15 is 0 Å². The van der Waals surface area contributed by atoms with Crippen LogP contribution in [0.4, 0.5) is 14.6 Å². The van der Waals surface area contributed by atoms with Crippen LogP contribution >= 0.6 is 0 Å². The van der Waals surface area contributed by atoms with Crippen LogP contribution in [0.15, 0.2) is 0 Å². The minimum Gasteiger partial charge on any atom is -0.351 e. The third kappa shape index (κ3) is 2.92. The molecule has 0 amide bonds. The summed E-state index contributed by atoms with van der Waals surface area (Å²) >= 11 is 0. The smallest absolute Gasteiger partial charge is 0.255 e. The van der Waals surface area contributed by atoms with Crippen LogP contribution in [0.1, 0.15) is 30.7 Å². The Morgan fingerprint density at radius 1 is 1.28 bits per heavy atom. The van der Waals surface area contributed by atoms with E-state index in [0.717, 1.165) is 11.3 Å². The quantitative estimate of drug-likeness (QED) is 0.808. The van der Waals surface area contributed by atoms with Gasteiger partial charge in [-0.3, -0.25) is 0 Å². The summed E-state index contributed by atoms with van der Waals surface area (Å²) < 4.78 is 24.7. The summed E-state index contributed by atoms with van der Waals surface area (Å²) in [6, 6.07) is 2.05. The summed E-state index contributed by atoms with van der Waals surface area (Å²) in [7, 11) is 1.49. The lowest BCUT2D eigenvalue weighted by atomic mass is 10.0. The molecule has 0 radical (unpaired) electrons. The molecule has 0 spiro atoms. The molecule has 1 heterocycles. The van der Waals surface area contributed by atoms with Crippen molar-refractivity contribution in [2.45, 2.75) is 33.1 Å². The highest BCUT2D eigenvalue weighted by Crippen LogP contribution is 2.22. The van der Waals surface area contributed by atoms with E-state index in [-0.39, 0.29) is 5.82 Å². The topological polar surface area (TPSA) is 52.8 Å². The van der Waals surface area contributed by atoms with Crippen molar-refractivity contribution in [1.82, 2.24) is 10.2 Å². The van der Waals surface area contributed by atoms with Gasteiger partial charge in [0, 0.05) is 7.05 Å². The minimum atomic E-state index is -2.47. The average Bonchev–Trinajstić information content (AvgIpc) is 2.35. The van der Waals surface area contributed by atoms with Crippen molar-refractivity contribution in [3.8, 4) is 6.07 Å². The van der Waals surface area contributed by atoms with E-state index in [1.54, 1.807) is 0 Å². The predicted octanol–water partition coefficient (Wildman–Crippen LogP) is 2.17. The Hall–Kier alpha value is -1.77. The number of aromatic nitrogens is 2. The Balaban J connectivity index is 3.25. The van der Waals surface area contributed by atoms with Gasteiger partial charge in [-0.25, -0.2) is 8.78 Å². The molecule has 1 aromatic heterocycles. The molecular formula is C12H16F2N4. The minimum absolute atomic E-state index is 0.229. The molecule has 0 aliphatic heterocycles. The van der Waals surface area contributed by atoms with Crippen molar-refractivity contribution in [3.63, 3.8) is 0 Å². The highest BCUT2D eigenvalue weighted by molar-refractivity contribution is 5.57. The summed E-state index contributed by atoms with van der Waals surface area (Å²) in [5.41, 5.74) is 1.90. The van der Waals surface area contributed by atoms with Crippen LogP contribution in [-0.2, 0) is 12.8 Å². The molecule has 0 saturated carbocycles. The molecule has 0 aliphatic rings. The summed E-state index contributed by atoms with van der Waals surface area (Å²) in [5.74, 6) is 0.229. The Labute approximate surface area is 105 Å². The summed E-state index contributed by atoms with van der Waals surface area (Å²) in [6.07, 6.45) is -1.17. The number of nitrogens with zero attached hydrogens (tertiary/aromatic N) is 4. The van der Waals surface area contributed by atoms with Crippen molar-refractivity contribution in [2.24, 2.45) is 0 Å². The van der Waals surface area contributed by atoms with Gasteiger partial charge < -0.3 is 4.90 Å². The monoisotopic (exact) mass is 254 g/mol. The average molecular weight is 254 g/mol. The first-order chi connectivity index (χ1) is 8.54. The number of hydrogen-bond donors (Lipinski definition) is 0. The van der Waals surface area contributed by atoms with Crippen LogP contribution in [0, 0.1) is 11.3 Å². The molecule has 0 aromatic carbocycles. The van der Waals surface area contributed by atoms with Crippen molar-refractivity contribution < 1.29 is 8.78 Å². The van der Waals surface area contributed by atoms with Crippen LogP contribution in [0.2, 0.25) is 0 Å².